The Morgan fingerprint density at radius 3 is 2.21 bits per heavy atom. The number of alkyl halides is 3. The van der Waals surface area contributed by atoms with Gasteiger partial charge in [-0.3, -0.25) is 9.59 Å². The molecule has 5 nitrogen and oxygen atoms in total. The van der Waals surface area contributed by atoms with E-state index in [1.54, 1.807) is 17.0 Å². The summed E-state index contributed by atoms with van der Waals surface area (Å²) in [7, 11) is 1.94. The average Bonchev–Trinajstić information content (AvgIpc) is 2.78. The fourth-order valence-corrected chi connectivity index (χ4v) is 4.63. The third kappa shape index (κ3) is 4.59. The highest BCUT2D eigenvalue weighted by Gasteiger charge is 2.55. The molecule has 2 aromatic carbocycles. The van der Waals surface area contributed by atoms with Crippen molar-refractivity contribution in [2.24, 2.45) is 0 Å². The lowest BCUT2D eigenvalue weighted by molar-refractivity contribution is -0.169. The molecule has 9 heteroatoms. The third-order valence-corrected chi connectivity index (χ3v) is 6.64. The molecule has 2 aliphatic heterocycles. The van der Waals surface area contributed by atoms with Crippen LogP contribution in [0.4, 0.5) is 17.6 Å². The number of benzene rings is 2. The summed E-state index contributed by atoms with van der Waals surface area (Å²) < 4.78 is 51.8. The zero-order valence-electron chi connectivity index (χ0n) is 18.2. The van der Waals surface area contributed by atoms with Crippen molar-refractivity contribution in [3.05, 3.63) is 71.0 Å². The predicted octanol–water partition coefficient (Wildman–Crippen LogP) is 3.90. The first-order chi connectivity index (χ1) is 15.6. The molecule has 0 radical (unpaired) electrons. The number of nitrogens with zero attached hydrogens (tertiary/aromatic N) is 2. The molecule has 2 heterocycles. The molecule has 1 unspecified atom stereocenters. The largest absolute Gasteiger partial charge is 0.416 e. The summed E-state index contributed by atoms with van der Waals surface area (Å²) in [6.45, 7) is 1.29. The molecule has 2 saturated heterocycles. The number of amides is 2. The van der Waals surface area contributed by atoms with Crippen LogP contribution in [-0.2, 0) is 22.3 Å². The standard InChI is InChI=1S/C24H25F4N3O2/c1-30-12-10-23(11-13-30,31-20(14-21(31)32)17-4-8-19(25)9-5-17)22(33)29-15-16-2-6-18(7-3-16)24(26,27)28/h2-9,20H,10-15H2,1H3,(H,29,33). The van der Waals surface area contributed by atoms with E-state index >= 15 is 0 Å². The molecule has 2 aliphatic rings. The Morgan fingerprint density at radius 1 is 1.06 bits per heavy atom. The van der Waals surface area contributed by atoms with Crippen molar-refractivity contribution in [2.45, 2.75) is 43.6 Å². The fourth-order valence-electron chi connectivity index (χ4n) is 4.63. The third-order valence-electron chi connectivity index (χ3n) is 6.64. The van der Waals surface area contributed by atoms with Gasteiger partial charge in [0.1, 0.15) is 11.4 Å². The Balaban J connectivity index is 1.54. The molecule has 0 spiro atoms. The molecule has 1 atom stereocenters. The monoisotopic (exact) mass is 463 g/mol. The Labute approximate surface area is 189 Å². The Morgan fingerprint density at radius 2 is 1.67 bits per heavy atom. The molecule has 2 aromatic rings. The average molecular weight is 463 g/mol. The highest BCUT2D eigenvalue weighted by molar-refractivity contribution is 5.95. The van der Waals surface area contributed by atoms with Gasteiger partial charge in [0.05, 0.1) is 18.0 Å². The number of piperidine rings is 1. The first-order valence-electron chi connectivity index (χ1n) is 10.8. The van der Waals surface area contributed by atoms with E-state index in [-0.39, 0.29) is 36.6 Å². The van der Waals surface area contributed by atoms with Crippen LogP contribution in [0.3, 0.4) is 0 Å². The van der Waals surface area contributed by atoms with E-state index < -0.39 is 17.3 Å². The van der Waals surface area contributed by atoms with Crippen molar-refractivity contribution in [3.8, 4) is 0 Å². The summed E-state index contributed by atoms with van der Waals surface area (Å²) in [5, 5.41) is 2.84. The van der Waals surface area contributed by atoms with Crippen LogP contribution in [0.15, 0.2) is 48.5 Å². The smallest absolute Gasteiger partial charge is 0.350 e. The van der Waals surface area contributed by atoms with E-state index in [2.05, 4.69) is 10.2 Å². The summed E-state index contributed by atoms with van der Waals surface area (Å²) in [6.07, 6.45) is -3.31. The molecule has 0 saturated carbocycles. The second-order valence-corrected chi connectivity index (χ2v) is 8.75. The summed E-state index contributed by atoms with van der Waals surface area (Å²) in [5.41, 5.74) is -0.515. The Kier molecular flexibility index (Phi) is 6.18. The van der Waals surface area contributed by atoms with Crippen molar-refractivity contribution in [3.63, 3.8) is 0 Å². The second-order valence-electron chi connectivity index (χ2n) is 8.75. The van der Waals surface area contributed by atoms with Gasteiger partial charge in [-0.05, 0) is 55.3 Å². The van der Waals surface area contributed by atoms with Gasteiger partial charge in [0.25, 0.3) is 0 Å². The van der Waals surface area contributed by atoms with E-state index in [0.717, 1.165) is 17.7 Å². The maximum atomic E-state index is 13.5. The molecule has 0 aliphatic carbocycles. The van der Waals surface area contributed by atoms with Gasteiger partial charge in [0.2, 0.25) is 11.8 Å². The lowest BCUT2D eigenvalue weighted by Crippen LogP contribution is -2.68. The van der Waals surface area contributed by atoms with Gasteiger partial charge in [-0.2, -0.15) is 13.2 Å². The minimum atomic E-state index is -4.42. The van der Waals surface area contributed by atoms with Gasteiger partial charge < -0.3 is 15.1 Å². The predicted molar refractivity (Wildman–Crippen MR) is 113 cm³/mol. The maximum Gasteiger partial charge on any atom is 0.416 e. The Hall–Kier alpha value is -2.94. The quantitative estimate of drug-likeness (QED) is 0.541. The number of hydrogen-bond acceptors (Lipinski definition) is 3. The van der Waals surface area contributed by atoms with Gasteiger partial charge in [0.15, 0.2) is 0 Å². The molecule has 4 rings (SSSR count). The molecular weight excluding hydrogens is 438 g/mol. The Bertz CT molecular complexity index is 1010. The maximum absolute atomic E-state index is 13.5. The van der Waals surface area contributed by atoms with Crippen LogP contribution < -0.4 is 5.32 Å². The van der Waals surface area contributed by atoms with E-state index in [0.29, 0.717) is 31.5 Å². The summed E-state index contributed by atoms with van der Waals surface area (Å²) >= 11 is 0. The first-order valence-corrected chi connectivity index (χ1v) is 10.8. The number of likely N-dealkylation sites (tertiary alicyclic amines) is 2. The van der Waals surface area contributed by atoms with Gasteiger partial charge in [-0.25, -0.2) is 4.39 Å². The van der Waals surface area contributed by atoms with Gasteiger partial charge in [-0.1, -0.05) is 24.3 Å². The van der Waals surface area contributed by atoms with Crippen molar-refractivity contribution in [1.82, 2.24) is 15.1 Å². The van der Waals surface area contributed by atoms with Gasteiger partial charge in [-0.15, -0.1) is 0 Å². The summed E-state index contributed by atoms with van der Waals surface area (Å²) in [5.74, 6) is -0.839. The first kappa shape index (κ1) is 23.2. The van der Waals surface area contributed by atoms with E-state index in [1.807, 2.05) is 7.05 Å². The molecule has 0 bridgehead atoms. The van der Waals surface area contributed by atoms with E-state index in [9.17, 15) is 27.2 Å². The fraction of sp³-hybridized carbons (Fsp3) is 0.417. The van der Waals surface area contributed by atoms with Crippen LogP contribution >= 0.6 is 0 Å². The number of carbonyl (C=O) groups is 2. The van der Waals surface area contributed by atoms with Crippen LogP contribution in [0.5, 0.6) is 0 Å². The minimum Gasteiger partial charge on any atom is -0.350 e. The van der Waals surface area contributed by atoms with Crippen molar-refractivity contribution in [1.29, 1.82) is 0 Å². The number of rotatable bonds is 5. The number of β-lactam (4-membered cyclic amide) rings is 1. The van der Waals surface area contributed by atoms with Gasteiger partial charge >= 0.3 is 6.18 Å². The zero-order chi connectivity index (χ0) is 23.8. The topological polar surface area (TPSA) is 52.7 Å². The SMILES string of the molecule is CN1CCC(C(=O)NCc2ccc(C(F)(F)F)cc2)(N2C(=O)CC2c2ccc(F)cc2)CC1. The van der Waals surface area contributed by atoms with Crippen molar-refractivity contribution in [2.75, 3.05) is 20.1 Å². The molecule has 2 fully saturated rings. The van der Waals surface area contributed by atoms with Crippen molar-refractivity contribution < 1.29 is 27.2 Å². The molecule has 33 heavy (non-hydrogen) atoms. The number of halogens is 4. The zero-order valence-corrected chi connectivity index (χ0v) is 18.2. The van der Waals surface area contributed by atoms with Crippen LogP contribution in [-0.4, -0.2) is 47.3 Å². The number of nitrogens with one attached hydrogen (secondary N) is 1. The van der Waals surface area contributed by atoms with E-state index in [4.69, 9.17) is 0 Å². The summed E-state index contributed by atoms with van der Waals surface area (Å²) in [4.78, 5) is 29.9. The lowest BCUT2D eigenvalue weighted by atomic mass is 9.78. The highest BCUT2D eigenvalue weighted by atomic mass is 19.4. The normalized spacial score (nSPS) is 20.9. The van der Waals surface area contributed by atoms with Crippen LogP contribution in [0.1, 0.15) is 42.0 Å². The molecule has 1 N–H and O–H groups in total. The lowest BCUT2D eigenvalue weighted by Gasteiger charge is -2.55. The minimum absolute atomic E-state index is 0.0534. The van der Waals surface area contributed by atoms with Crippen LogP contribution in [0.2, 0.25) is 0 Å². The molecular formula is C24H25F4N3O2. The summed E-state index contributed by atoms with van der Waals surface area (Å²) in [6, 6.07) is 10.2. The molecule has 0 aromatic heterocycles. The highest BCUT2D eigenvalue weighted by Crippen LogP contribution is 2.44. The second kappa shape index (κ2) is 8.78. The molecule has 176 valence electrons. The number of carbonyl (C=O) groups excluding carboxylic acids is 2. The van der Waals surface area contributed by atoms with Crippen LogP contribution in [0.25, 0.3) is 0 Å². The number of hydrogen-bond donors (Lipinski definition) is 1. The van der Waals surface area contributed by atoms with Crippen molar-refractivity contribution >= 4 is 11.8 Å². The molecule has 2 amide bonds. The van der Waals surface area contributed by atoms with E-state index in [1.165, 1.54) is 24.3 Å². The van der Waals surface area contributed by atoms with Crippen LogP contribution in [0, 0.1) is 5.82 Å². The van der Waals surface area contributed by atoms with Gasteiger partial charge in [0, 0.05) is 19.6 Å².